The van der Waals surface area contributed by atoms with Gasteiger partial charge in [0.1, 0.15) is 6.61 Å². The molecule has 0 radical (unpaired) electrons. The number of likely N-dealkylation sites (tertiary alicyclic amines) is 1. The first-order valence-corrected chi connectivity index (χ1v) is 16.7. The van der Waals surface area contributed by atoms with Crippen LogP contribution in [0.5, 0.6) is 0 Å². The number of aliphatic hydroxyl groups is 1. The molecule has 1 N–H and O–H groups in total. The highest BCUT2D eigenvalue weighted by molar-refractivity contribution is 5.68. The van der Waals surface area contributed by atoms with E-state index in [1.54, 1.807) is 11.1 Å². The minimum Gasteiger partial charge on any atom is -0.445 e. The Morgan fingerprint density at radius 2 is 1.90 bits per heavy atom. The molecular weight excluding hydrogens is 510 g/mol. The first-order valence-electron chi connectivity index (χ1n) is 16.7. The van der Waals surface area contributed by atoms with Gasteiger partial charge in [0, 0.05) is 12.5 Å². The molecule has 6 aliphatic rings. The first kappa shape index (κ1) is 28.0. The Morgan fingerprint density at radius 3 is 2.71 bits per heavy atom. The zero-order chi connectivity index (χ0) is 28.5. The third-order valence-electron chi connectivity index (χ3n) is 13.2. The van der Waals surface area contributed by atoms with E-state index in [0.717, 1.165) is 56.0 Å². The number of hydrogen-bond donors (Lipinski definition) is 1. The molecule has 4 aliphatic carbocycles. The van der Waals surface area contributed by atoms with E-state index in [-0.39, 0.29) is 35.9 Å². The zero-order valence-corrected chi connectivity index (χ0v) is 25.7. The molecule has 5 heteroatoms. The third-order valence-corrected chi connectivity index (χ3v) is 13.2. The molecule has 1 aromatic carbocycles. The minimum absolute atomic E-state index is 0.0836. The van der Waals surface area contributed by atoms with Crippen molar-refractivity contribution in [1.29, 1.82) is 0 Å². The number of aliphatic hydroxyl groups excluding tert-OH is 1. The molecule has 224 valence electrons. The topological polar surface area (TPSA) is 59.0 Å². The highest BCUT2D eigenvalue weighted by atomic mass is 16.6. The molecule has 5 nitrogen and oxygen atoms in total. The molecule has 1 amide bonds. The summed E-state index contributed by atoms with van der Waals surface area (Å²) in [6.07, 6.45) is 11.2. The second kappa shape index (κ2) is 10.4. The summed E-state index contributed by atoms with van der Waals surface area (Å²) >= 11 is 0. The van der Waals surface area contributed by atoms with Gasteiger partial charge in [-0.25, -0.2) is 4.79 Å². The van der Waals surface area contributed by atoms with Crippen molar-refractivity contribution in [2.24, 2.45) is 40.9 Å². The summed E-state index contributed by atoms with van der Waals surface area (Å²) in [5.41, 5.74) is 4.56. The van der Waals surface area contributed by atoms with Crippen molar-refractivity contribution in [3.8, 4) is 0 Å². The molecule has 3 saturated carbocycles. The van der Waals surface area contributed by atoms with Gasteiger partial charge in [0.25, 0.3) is 0 Å². The van der Waals surface area contributed by atoms with Crippen molar-refractivity contribution < 1.29 is 19.4 Å². The number of fused-ring (bicyclic) bond motifs is 6. The second-order valence-corrected chi connectivity index (χ2v) is 15.3. The number of allylic oxidation sites excluding steroid dienone is 1. The maximum Gasteiger partial charge on any atom is 0.410 e. The standard InChI is InChI=1S/C36H51NO4/c1-22-16-32-33(37(20-22)34(39)40-21-25-8-6-5-7-9-25)24(3)36(41-32)15-13-28-29-11-10-26-17-27(38)12-14-35(26,4)31(29)18-30(28)23(2)19-36/h5-9,22,24,26-29,31-33,38H,10-21H2,1-4H3/t22-,24+,26+,27+,28-,29-,31?,32+,33?,35-,36-/m0/s1. The number of amides is 1. The van der Waals surface area contributed by atoms with E-state index < -0.39 is 0 Å². The number of ether oxygens (including phenoxy) is 2. The molecule has 0 bridgehead atoms. The van der Waals surface area contributed by atoms with Gasteiger partial charge in [-0.1, -0.05) is 62.2 Å². The number of carbonyl (C=O) groups is 1. The van der Waals surface area contributed by atoms with Gasteiger partial charge in [-0.15, -0.1) is 0 Å². The van der Waals surface area contributed by atoms with Crippen LogP contribution in [0.25, 0.3) is 0 Å². The minimum atomic E-state index is -0.190. The van der Waals surface area contributed by atoms with Crippen molar-refractivity contribution in [2.75, 3.05) is 6.54 Å². The van der Waals surface area contributed by atoms with Crippen LogP contribution >= 0.6 is 0 Å². The number of hydrogen-bond acceptors (Lipinski definition) is 4. The summed E-state index contributed by atoms with van der Waals surface area (Å²) in [6, 6.07) is 10.1. The second-order valence-electron chi connectivity index (χ2n) is 15.3. The van der Waals surface area contributed by atoms with Crippen molar-refractivity contribution in [1.82, 2.24) is 4.90 Å². The number of rotatable bonds is 2. The molecule has 11 atom stereocenters. The fraction of sp³-hybridized carbons (Fsp3) is 0.750. The van der Waals surface area contributed by atoms with Gasteiger partial charge >= 0.3 is 6.09 Å². The largest absolute Gasteiger partial charge is 0.445 e. The fourth-order valence-electron chi connectivity index (χ4n) is 11.0. The van der Waals surface area contributed by atoms with Crippen LogP contribution in [0.2, 0.25) is 0 Å². The summed E-state index contributed by atoms with van der Waals surface area (Å²) in [6.45, 7) is 10.7. The monoisotopic (exact) mass is 561 g/mol. The molecule has 2 unspecified atom stereocenters. The fourth-order valence-corrected chi connectivity index (χ4v) is 11.0. The summed E-state index contributed by atoms with van der Waals surface area (Å²) in [5, 5.41) is 10.4. The first-order chi connectivity index (χ1) is 19.7. The summed E-state index contributed by atoms with van der Waals surface area (Å²) in [5.74, 6) is 3.63. The zero-order valence-electron chi connectivity index (χ0n) is 25.7. The van der Waals surface area contributed by atoms with Gasteiger partial charge < -0.3 is 19.5 Å². The average molecular weight is 562 g/mol. The molecule has 1 aromatic rings. The van der Waals surface area contributed by atoms with Gasteiger partial charge in [0.15, 0.2) is 0 Å². The SMILES string of the molecule is CC1=C2CC3[C@@H](CC[C@@H]4C[C@H](O)CC[C@]34C)[C@@H]2CC[C@@]2(C1)O[C@@H]1C[C@H](C)CN(C(=O)OCc3ccccc3)C1[C@H]2C. The lowest BCUT2D eigenvalue weighted by atomic mass is 9.52. The van der Waals surface area contributed by atoms with E-state index in [2.05, 4.69) is 27.7 Å². The van der Waals surface area contributed by atoms with Crippen LogP contribution in [0, 0.1) is 40.9 Å². The lowest BCUT2D eigenvalue weighted by Gasteiger charge is -2.53. The molecule has 0 aromatic heterocycles. The highest BCUT2D eigenvalue weighted by Gasteiger charge is 2.60. The maximum absolute atomic E-state index is 13.5. The van der Waals surface area contributed by atoms with Gasteiger partial charge in [-0.05, 0) is 112 Å². The third kappa shape index (κ3) is 4.60. The molecule has 2 saturated heterocycles. The number of nitrogens with zero attached hydrogens (tertiary/aromatic N) is 1. The highest BCUT2D eigenvalue weighted by Crippen LogP contribution is 2.65. The van der Waals surface area contributed by atoms with Crippen LogP contribution in [0.1, 0.15) is 97.5 Å². The molecule has 2 aliphatic heterocycles. The molecular formula is C36H51NO4. The van der Waals surface area contributed by atoms with Crippen molar-refractivity contribution in [2.45, 2.75) is 122 Å². The van der Waals surface area contributed by atoms with E-state index in [1.165, 1.54) is 32.1 Å². The molecule has 5 fully saturated rings. The number of piperidine rings is 1. The van der Waals surface area contributed by atoms with Gasteiger partial charge in [-0.3, -0.25) is 0 Å². The van der Waals surface area contributed by atoms with E-state index in [4.69, 9.17) is 9.47 Å². The molecule has 2 heterocycles. The van der Waals surface area contributed by atoms with Gasteiger partial charge in [0.2, 0.25) is 0 Å². The smallest absolute Gasteiger partial charge is 0.410 e. The van der Waals surface area contributed by atoms with Crippen LogP contribution in [-0.2, 0) is 16.1 Å². The average Bonchev–Trinajstić information content (AvgIpc) is 3.42. The Hall–Kier alpha value is -1.85. The Bertz CT molecular complexity index is 1180. The Morgan fingerprint density at radius 1 is 1.10 bits per heavy atom. The predicted octanol–water partition coefficient (Wildman–Crippen LogP) is 7.52. The Labute approximate surface area is 247 Å². The van der Waals surface area contributed by atoms with Crippen LogP contribution in [0.15, 0.2) is 41.5 Å². The van der Waals surface area contributed by atoms with Crippen LogP contribution < -0.4 is 0 Å². The molecule has 41 heavy (non-hydrogen) atoms. The normalized spacial score (nSPS) is 45.5. The van der Waals surface area contributed by atoms with Gasteiger partial charge in [0.05, 0.1) is 23.9 Å². The quantitative estimate of drug-likeness (QED) is 0.380. The van der Waals surface area contributed by atoms with Crippen molar-refractivity contribution in [3.63, 3.8) is 0 Å². The van der Waals surface area contributed by atoms with Crippen LogP contribution in [-0.4, -0.2) is 46.5 Å². The lowest BCUT2D eigenvalue weighted by molar-refractivity contribution is -0.0832. The lowest BCUT2D eigenvalue weighted by Crippen LogP contribution is -2.54. The predicted molar refractivity (Wildman–Crippen MR) is 160 cm³/mol. The van der Waals surface area contributed by atoms with E-state index in [1.807, 2.05) is 35.2 Å². The Kier molecular flexibility index (Phi) is 7.09. The van der Waals surface area contributed by atoms with Crippen LogP contribution in [0.4, 0.5) is 4.79 Å². The molecule has 7 rings (SSSR count). The van der Waals surface area contributed by atoms with Crippen molar-refractivity contribution >= 4 is 6.09 Å². The van der Waals surface area contributed by atoms with E-state index in [0.29, 0.717) is 29.8 Å². The van der Waals surface area contributed by atoms with E-state index in [9.17, 15) is 9.90 Å². The number of carbonyl (C=O) groups excluding carboxylic acids is 1. The summed E-state index contributed by atoms with van der Waals surface area (Å²) in [7, 11) is 0. The Balaban J connectivity index is 1.11. The van der Waals surface area contributed by atoms with Crippen molar-refractivity contribution in [3.05, 3.63) is 47.0 Å². The summed E-state index contributed by atoms with van der Waals surface area (Å²) in [4.78, 5) is 15.5. The molecule has 1 spiro atoms. The van der Waals surface area contributed by atoms with E-state index >= 15 is 0 Å². The van der Waals surface area contributed by atoms with Gasteiger partial charge in [-0.2, -0.15) is 0 Å². The van der Waals surface area contributed by atoms with Crippen LogP contribution in [0.3, 0.4) is 0 Å². The summed E-state index contributed by atoms with van der Waals surface area (Å²) < 4.78 is 13.1. The maximum atomic E-state index is 13.5. The number of benzene rings is 1.